The maximum atomic E-state index is 12.5. The van der Waals surface area contributed by atoms with Gasteiger partial charge in [0.15, 0.2) is 0 Å². The predicted octanol–water partition coefficient (Wildman–Crippen LogP) is 1.91. The van der Waals surface area contributed by atoms with Gasteiger partial charge in [0.25, 0.3) is 10.0 Å². The third kappa shape index (κ3) is 3.95. The van der Waals surface area contributed by atoms with Crippen molar-refractivity contribution in [2.45, 2.75) is 17.4 Å². The van der Waals surface area contributed by atoms with Crippen LogP contribution in [-0.4, -0.2) is 29.5 Å². The highest BCUT2D eigenvalue weighted by molar-refractivity contribution is 7.92. The zero-order valence-corrected chi connectivity index (χ0v) is 14.3. The molecule has 1 atom stereocenters. The molecule has 3 rings (SSSR count). The minimum atomic E-state index is -3.86. The normalized spacial score (nSPS) is 12.7. The molecule has 134 valence electrons. The SMILES string of the molecule is N[C@H](CC(=O)O)c1cnc(NS(=O)(=O)c2ccc3ccccc3c2)nc1. The van der Waals surface area contributed by atoms with Crippen molar-refractivity contribution in [3.05, 3.63) is 60.4 Å². The van der Waals surface area contributed by atoms with E-state index >= 15 is 0 Å². The van der Waals surface area contributed by atoms with Gasteiger partial charge in [0.2, 0.25) is 5.95 Å². The summed E-state index contributed by atoms with van der Waals surface area (Å²) < 4.78 is 27.3. The Labute approximate surface area is 149 Å². The third-order valence-corrected chi connectivity index (χ3v) is 5.08. The molecule has 0 aliphatic rings. The fraction of sp³-hybridized carbons (Fsp3) is 0.118. The van der Waals surface area contributed by atoms with Gasteiger partial charge in [-0.05, 0) is 22.9 Å². The van der Waals surface area contributed by atoms with Gasteiger partial charge < -0.3 is 10.8 Å². The standard InChI is InChI=1S/C17H16N4O4S/c18-15(8-16(22)23)13-9-19-17(20-10-13)21-26(24,25)14-6-5-11-3-1-2-4-12(11)7-14/h1-7,9-10,15H,8,18H2,(H,22,23)(H,19,20,21)/t15-/m1/s1. The van der Waals surface area contributed by atoms with Gasteiger partial charge in [-0.1, -0.05) is 30.3 Å². The van der Waals surface area contributed by atoms with E-state index in [4.69, 9.17) is 10.8 Å². The first-order valence-electron chi connectivity index (χ1n) is 7.66. The van der Waals surface area contributed by atoms with Crippen LogP contribution in [0, 0.1) is 0 Å². The number of aliphatic carboxylic acids is 1. The second-order valence-electron chi connectivity index (χ2n) is 5.66. The van der Waals surface area contributed by atoms with E-state index in [1.165, 1.54) is 18.5 Å². The summed E-state index contributed by atoms with van der Waals surface area (Å²) in [4.78, 5) is 18.6. The fourth-order valence-corrected chi connectivity index (χ4v) is 3.39. The van der Waals surface area contributed by atoms with E-state index in [0.29, 0.717) is 5.56 Å². The molecular weight excluding hydrogens is 356 g/mol. The molecule has 0 bridgehead atoms. The summed E-state index contributed by atoms with van der Waals surface area (Å²) >= 11 is 0. The van der Waals surface area contributed by atoms with Crippen LogP contribution < -0.4 is 10.5 Å². The maximum Gasteiger partial charge on any atom is 0.305 e. The number of hydrogen-bond donors (Lipinski definition) is 3. The van der Waals surface area contributed by atoms with E-state index in [1.807, 2.05) is 24.3 Å². The molecule has 1 aromatic heterocycles. The maximum absolute atomic E-state index is 12.5. The van der Waals surface area contributed by atoms with Gasteiger partial charge in [0.05, 0.1) is 11.3 Å². The highest BCUT2D eigenvalue weighted by Crippen LogP contribution is 2.20. The van der Waals surface area contributed by atoms with Crippen LogP contribution in [0.1, 0.15) is 18.0 Å². The Morgan fingerprint density at radius 1 is 1.12 bits per heavy atom. The Hall–Kier alpha value is -3.04. The second-order valence-corrected chi connectivity index (χ2v) is 7.34. The van der Waals surface area contributed by atoms with Crippen LogP contribution in [0.15, 0.2) is 59.8 Å². The summed E-state index contributed by atoms with van der Waals surface area (Å²) in [6.07, 6.45) is 2.34. The molecule has 0 saturated heterocycles. The minimum absolute atomic E-state index is 0.0893. The molecule has 0 aliphatic carbocycles. The number of sulfonamides is 1. The molecule has 0 radical (unpaired) electrons. The zero-order valence-electron chi connectivity index (χ0n) is 13.5. The summed E-state index contributed by atoms with van der Waals surface area (Å²) in [5.41, 5.74) is 6.12. The third-order valence-electron chi connectivity index (χ3n) is 3.75. The fourth-order valence-electron chi connectivity index (χ4n) is 2.40. The second kappa shape index (κ2) is 7.06. The zero-order chi connectivity index (χ0) is 18.7. The van der Waals surface area contributed by atoms with Crippen molar-refractivity contribution >= 4 is 32.7 Å². The summed E-state index contributed by atoms with van der Waals surface area (Å²) in [5, 5.41) is 10.5. The minimum Gasteiger partial charge on any atom is -0.481 e. The first-order valence-corrected chi connectivity index (χ1v) is 9.14. The Morgan fingerprint density at radius 3 is 2.42 bits per heavy atom. The first-order chi connectivity index (χ1) is 12.3. The summed E-state index contributed by atoms with van der Waals surface area (Å²) in [6, 6.07) is 11.4. The number of carboxylic acid groups (broad SMARTS) is 1. The molecular formula is C17H16N4O4S. The molecule has 8 nitrogen and oxygen atoms in total. The number of nitrogens with zero attached hydrogens (tertiary/aromatic N) is 2. The number of carbonyl (C=O) groups is 1. The van der Waals surface area contributed by atoms with Crippen molar-refractivity contribution in [2.75, 3.05) is 4.72 Å². The van der Waals surface area contributed by atoms with Gasteiger partial charge in [-0.3, -0.25) is 4.79 Å². The number of hydrogen-bond acceptors (Lipinski definition) is 6. The van der Waals surface area contributed by atoms with Crippen LogP contribution in [0.25, 0.3) is 10.8 Å². The monoisotopic (exact) mass is 372 g/mol. The van der Waals surface area contributed by atoms with E-state index in [1.54, 1.807) is 12.1 Å². The molecule has 2 aromatic carbocycles. The van der Waals surface area contributed by atoms with Gasteiger partial charge in [0, 0.05) is 24.0 Å². The van der Waals surface area contributed by atoms with E-state index in [9.17, 15) is 13.2 Å². The Morgan fingerprint density at radius 2 is 1.77 bits per heavy atom. The quantitative estimate of drug-likeness (QED) is 0.601. The number of carboxylic acids is 1. The molecule has 0 aliphatic heterocycles. The van der Waals surface area contributed by atoms with E-state index < -0.39 is 22.0 Å². The summed E-state index contributed by atoms with van der Waals surface area (Å²) in [5.74, 6) is -1.16. The Kier molecular flexibility index (Phi) is 4.83. The van der Waals surface area contributed by atoms with Gasteiger partial charge in [-0.25, -0.2) is 23.1 Å². The van der Waals surface area contributed by atoms with Crippen LogP contribution in [-0.2, 0) is 14.8 Å². The molecule has 3 aromatic rings. The number of rotatable bonds is 6. The summed E-state index contributed by atoms with van der Waals surface area (Å²) in [7, 11) is -3.86. The molecule has 4 N–H and O–H groups in total. The number of nitrogens with one attached hydrogen (secondary N) is 1. The molecule has 0 saturated carbocycles. The van der Waals surface area contributed by atoms with Gasteiger partial charge in [-0.2, -0.15) is 0 Å². The lowest BCUT2D eigenvalue weighted by atomic mass is 10.1. The van der Waals surface area contributed by atoms with Gasteiger partial charge >= 0.3 is 5.97 Å². The molecule has 0 unspecified atom stereocenters. The van der Waals surface area contributed by atoms with Crippen molar-refractivity contribution in [2.24, 2.45) is 5.73 Å². The predicted molar refractivity (Wildman–Crippen MR) is 96.0 cm³/mol. The van der Waals surface area contributed by atoms with Crippen molar-refractivity contribution in [1.82, 2.24) is 9.97 Å². The highest BCUT2D eigenvalue weighted by atomic mass is 32.2. The molecule has 9 heteroatoms. The van der Waals surface area contributed by atoms with Crippen LogP contribution in [0.4, 0.5) is 5.95 Å². The van der Waals surface area contributed by atoms with Crippen LogP contribution in [0.5, 0.6) is 0 Å². The highest BCUT2D eigenvalue weighted by Gasteiger charge is 2.17. The average Bonchev–Trinajstić information content (AvgIpc) is 2.61. The van der Waals surface area contributed by atoms with E-state index in [-0.39, 0.29) is 17.3 Å². The number of benzene rings is 2. The smallest absolute Gasteiger partial charge is 0.305 e. The van der Waals surface area contributed by atoms with Gasteiger partial charge in [-0.15, -0.1) is 0 Å². The van der Waals surface area contributed by atoms with E-state index in [2.05, 4.69) is 14.7 Å². The van der Waals surface area contributed by atoms with Crippen molar-refractivity contribution in [3.63, 3.8) is 0 Å². The van der Waals surface area contributed by atoms with Crippen LogP contribution in [0.2, 0.25) is 0 Å². The van der Waals surface area contributed by atoms with Crippen molar-refractivity contribution in [1.29, 1.82) is 0 Å². The topological polar surface area (TPSA) is 135 Å². The molecule has 1 heterocycles. The summed E-state index contributed by atoms with van der Waals surface area (Å²) in [6.45, 7) is 0. The van der Waals surface area contributed by atoms with Crippen LogP contribution in [0.3, 0.4) is 0 Å². The van der Waals surface area contributed by atoms with Gasteiger partial charge in [0.1, 0.15) is 0 Å². The first kappa shape index (κ1) is 17.8. The molecule has 0 amide bonds. The van der Waals surface area contributed by atoms with Crippen LogP contribution >= 0.6 is 0 Å². The molecule has 26 heavy (non-hydrogen) atoms. The lowest BCUT2D eigenvalue weighted by Gasteiger charge is -2.10. The van der Waals surface area contributed by atoms with Crippen molar-refractivity contribution in [3.8, 4) is 0 Å². The molecule has 0 spiro atoms. The number of anilines is 1. The number of nitrogens with two attached hydrogens (primary N) is 1. The largest absolute Gasteiger partial charge is 0.481 e. The average molecular weight is 372 g/mol. The van der Waals surface area contributed by atoms with Crippen molar-refractivity contribution < 1.29 is 18.3 Å². The number of fused-ring (bicyclic) bond motifs is 1. The Balaban J connectivity index is 1.81. The Bertz CT molecular complexity index is 1050. The molecule has 0 fully saturated rings. The lowest BCUT2D eigenvalue weighted by molar-refractivity contribution is -0.137. The lowest BCUT2D eigenvalue weighted by Crippen LogP contribution is -2.17. The van der Waals surface area contributed by atoms with E-state index in [0.717, 1.165) is 10.8 Å². The number of aromatic nitrogens is 2.